The van der Waals surface area contributed by atoms with Crippen molar-refractivity contribution in [2.45, 2.75) is 76.4 Å². The highest BCUT2D eigenvalue weighted by Crippen LogP contribution is 2.42. The van der Waals surface area contributed by atoms with Gasteiger partial charge in [-0.25, -0.2) is 0 Å². The Balaban J connectivity index is 1.63. The van der Waals surface area contributed by atoms with E-state index in [2.05, 4.69) is 74.8 Å². The summed E-state index contributed by atoms with van der Waals surface area (Å²) in [5.41, 5.74) is 3.60. The molecule has 4 N–H and O–H groups in total. The standard InChI is InChI=1S/C30H42N4O2Si/c1-30(2,3)37(4,5)36-28(24-9-7-6-8-10-24)27-16-15-26(34-27)19-22-11-13-25(14-12-22)29(35)33-21-23(20-32)17-18-31/h6-14,17-18,20,26-28,31-32,34H,15-16,19,21H2,1-5H3,(H,33,35)/b23-17+,31-18?,32-20?/t26-,27+,28+/m0/s1. The van der Waals surface area contributed by atoms with Gasteiger partial charge in [0.1, 0.15) is 0 Å². The number of hydrogen-bond acceptors (Lipinski definition) is 5. The fraction of sp³-hybridized carbons (Fsp3) is 0.433. The Labute approximate surface area is 223 Å². The zero-order valence-corrected chi connectivity index (χ0v) is 23.8. The first-order chi connectivity index (χ1) is 17.5. The zero-order valence-electron chi connectivity index (χ0n) is 22.8. The van der Waals surface area contributed by atoms with E-state index in [0.29, 0.717) is 17.2 Å². The summed E-state index contributed by atoms with van der Waals surface area (Å²) < 4.78 is 6.98. The van der Waals surface area contributed by atoms with E-state index >= 15 is 0 Å². The van der Waals surface area contributed by atoms with E-state index in [1.165, 1.54) is 17.2 Å². The summed E-state index contributed by atoms with van der Waals surface area (Å²) in [7, 11) is -1.96. The molecule has 0 bridgehead atoms. The highest BCUT2D eigenvalue weighted by atomic mass is 28.4. The van der Waals surface area contributed by atoms with Crippen molar-refractivity contribution in [3.05, 3.63) is 82.9 Å². The Kier molecular flexibility index (Phi) is 9.76. The molecule has 7 heteroatoms. The average Bonchev–Trinajstić information content (AvgIpc) is 3.33. The Morgan fingerprint density at radius 2 is 1.78 bits per heavy atom. The van der Waals surface area contributed by atoms with E-state index in [1.807, 2.05) is 24.3 Å². The van der Waals surface area contributed by atoms with Crippen LogP contribution in [0.4, 0.5) is 0 Å². The van der Waals surface area contributed by atoms with Crippen molar-refractivity contribution < 1.29 is 9.22 Å². The number of carbonyl (C=O) groups is 1. The molecule has 1 aliphatic rings. The third kappa shape index (κ3) is 7.80. The second-order valence-corrected chi connectivity index (χ2v) is 16.1. The van der Waals surface area contributed by atoms with Crippen LogP contribution in [0.25, 0.3) is 0 Å². The number of carbonyl (C=O) groups excluding carboxylic acids is 1. The third-order valence-electron chi connectivity index (χ3n) is 7.63. The van der Waals surface area contributed by atoms with Gasteiger partial charge in [-0.3, -0.25) is 4.79 Å². The third-order valence-corrected chi connectivity index (χ3v) is 12.1. The van der Waals surface area contributed by atoms with Crippen LogP contribution in [0, 0.1) is 10.8 Å². The number of amides is 1. The van der Waals surface area contributed by atoms with E-state index in [9.17, 15) is 4.79 Å². The number of hydrogen-bond donors (Lipinski definition) is 4. The lowest BCUT2D eigenvalue weighted by atomic mass is 10.0. The maximum absolute atomic E-state index is 12.5. The molecule has 0 aliphatic carbocycles. The molecule has 3 rings (SSSR count). The Hall–Kier alpha value is -2.87. The van der Waals surface area contributed by atoms with Gasteiger partial charge in [-0.1, -0.05) is 63.2 Å². The molecule has 2 aromatic carbocycles. The largest absolute Gasteiger partial charge is 0.408 e. The van der Waals surface area contributed by atoms with Gasteiger partial charge in [0.05, 0.1) is 6.10 Å². The molecule has 0 unspecified atom stereocenters. The van der Waals surface area contributed by atoms with Crippen LogP contribution in [0.3, 0.4) is 0 Å². The van der Waals surface area contributed by atoms with Crippen LogP contribution in [0.5, 0.6) is 0 Å². The molecule has 198 valence electrons. The monoisotopic (exact) mass is 518 g/mol. The van der Waals surface area contributed by atoms with Gasteiger partial charge in [0.15, 0.2) is 8.32 Å². The summed E-state index contributed by atoms with van der Waals surface area (Å²) in [4.78, 5) is 12.5. The number of benzene rings is 2. The molecule has 0 spiro atoms. The SMILES string of the molecule is CC(C)(C)[Si](C)(C)O[C@H](c1ccccc1)[C@H]1CC[C@@H](Cc2ccc(C(=O)NC/C(C=N)=C/C=N)cc2)N1. The fourth-order valence-corrected chi connectivity index (χ4v) is 5.68. The summed E-state index contributed by atoms with van der Waals surface area (Å²) in [6.07, 6.45) is 6.85. The molecule has 0 radical (unpaired) electrons. The molecule has 1 fully saturated rings. The number of nitrogens with one attached hydrogen (secondary N) is 4. The van der Waals surface area contributed by atoms with Crippen LogP contribution in [-0.2, 0) is 10.8 Å². The van der Waals surface area contributed by atoms with Gasteiger partial charge < -0.3 is 25.9 Å². The van der Waals surface area contributed by atoms with Crippen molar-refractivity contribution in [2.24, 2.45) is 0 Å². The van der Waals surface area contributed by atoms with Gasteiger partial charge in [0.25, 0.3) is 5.91 Å². The molecule has 0 aromatic heterocycles. The molecule has 1 amide bonds. The predicted molar refractivity (Wildman–Crippen MR) is 156 cm³/mol. The van der Waals surface area contributed by atoms with Crippen molar-refractivity contribution in [2.75, 3.05) is 6.54 Å². The average molecular weight is 519 g/mol. The number of allylic oxidation sites excluding steroid dienone is 1. The van der Waals surface area contributed by atoms with Crippen molar-refractivity contribution in [3.63, 3.8) is 0 Å². The highest BCUT2D eigenvalue weighted by molar-refractivity contribution is 6.74. The van der Waals surface area contributed by atoms with E-state index in [-0.39, 0.29) is 29.6 Å². The van der Waals surface area contributed by atoms with Crippen LogP contribution >= 0.6 is 0 Å². The molecule has 1 saturated heterocycles. The van der Waals surface area contributed by atoms with Crippen LogP contribution in [-0.4, -0.2) is 45.3 Å². The normalized spacial score (nSPS) is 19.3. The zero-order chi connectivity index (χ0) is 27.1. The minimum absolute atomic E-state index is 0.0331. The fourth-order valence-electron chi connectivity index (χ4n) is 4.40. The van der Waals surface area contributed by atoms with Crippen molar-refractivity contribution in [1.82, 2.24) is 10.6 Å². The summed E-state index contributed by atoms with van der Waals surface area (Å²) in [6, 6.07) is 19.0. The lowest BCUT2D eigenvalue weighted by molar-refractivity contribution is 0.0957. The van der Waals surface area contributed by atoms with Crippen molar-refractivity contribution in [3.8, 4) is 0 Å². The van der Waals surface area contributed by atoms with Crippen LogP contribution in [0.15, 0.2) is 66.2 Å². The molecule has 1 heterocycles. The van der Waals surface area contributed by atoms with E-state index in [4.69, 9.17) is 15.2 Å². The summed E-state index contributed by atoms with van der Waals surface area (Å²) in [5, 5.41) is 21.3. The molecule has 1 aliphatic heterocycles. The van der Waals surface area contributed by atoms with Gasteiger partial charge in [-0.2, -0.15) is 0 Å². The van der Waals surface area contributed by atoms with Gasteiger partial charge in [-0.15, -0.1) is 0 Å². The first-order valence-corrected chi connectivity index (χ1v) is 16.0. The minimum Gasteiger partial charge on any atom is -0.408 e. The highest BCUT2D eigenvalue weighted by Gasteiger charge is 2.42. The van der Waals surface area contributed by atoms with E-state index in [1.54, 1.807) is 0 Å². The first kappa shape index (κ1) is 28.7. The first-order valence-electron chi connectivity index (χ1n) is 13.1. The Bertz CT molecular complexity index is 1090. The molecular formula is C30H42N4O2Si. The van der Waals surface area contributed by atoms with Crippen molar-refractivity contribution >= 4 is 26.7 Å². The van der Waals surface area contributed by atoms with Crippen LogP contribution in [0.2, 0.25) is 18.1 Å². The molecular weight excluding hydrogens is 476 g/mol. The smallest absolute Gasteiger partial charge is 0.251 e. The van der Waals surface area contributed by atoms with Gasteiger partial charge in [0.2, 0.25) is 0 Å². The Morgan fingerprint density at radius 3 is 2.38 bits per heavy atom. The second-order valence-electron chi connectivity index (χ2n) is 11.4. The van der Waals surface area contributed by atoms with Crippen LogP contribution < -0.4 is 10.6 Å². The Morgan fingerprint density at radius 1 is 1.11 bits per heavy atom. The molecule has 2 aromatic rings. The minimum atomic E-state index is -1.96. The summed E-state index contributed by atoms with van der Waals surface area (Å²) >= 11 is 0. The topological polar surface area (TPSA) is 98.1 Å². The van der Waals surface area contributed by atoms with Crippen molar-refractivity contribution in [1.29, 1.82) is 10.8 Å². The van der Waals surface area contributed by atoms with Gasteiger partial charge >= 0.3 is 0 Å². The lowest BCUT2D eigenvalue weighted by Gasteiger charge is -2.41. The van der Waals surface area contributed by atoms with Crippen LogP contribution in [0.1, 0.15) is 61.2 Å². The molecule has 6 nitrogen and oxygen atoms in total. The van der Waals surface area contributed by atoms with E-state index in [0.717, 1.165) is 31.7 Å². The maximum atomic E-state index is 12.5. The lowest BCUT2D eigenvalue weighted by Crippen LogP contribution is -2.46. The molecule has 37 heavy (non-hydrogen) atoms. The second kappa shape index (κ2) is 12.6. The molecule has 0 saturated carbocycles. The molecule has 3 atom stereocenters. The predicted octanol–water partition coefficient (Wildman–Crippen LogP) is 6.07. The van der Waals surface area contributed by atoms with E-state index < -0.39 is 8.32 Å². The van der Waals surface area contributed by atoms with Gasteiger partial charge in [-0.05, 0) is 72.3 Å². The summed E-state index contributed by atoms with van der Waals surface area (Å²) in [5.74, 6) is -0.184. The summed E-state index contributed by atoms with van der Waals surface area (Å²) in [6.45, 7) is 11.7. The van der Waals surface area contributed by atoms with Gasteiger partial charge in [0, 0.05) is 36.6 Å². The quantitative estimate of drug-likeness (QED) is 0.215. The maximum Gasteiger partial charge on any atom is 0.251 e. The number of rotatable bonds is 11.